The van der Waals surface area contributed by atoms with E-state index in [0.717, 1.165) is 27.7 Å². The van der Waals surface area contributed by atoms with Crippen LogP contribution in [-0.4, -0.2) is 84.0 Å². The minimum atomic E-state index is -1.81. The van der Waals surface area contributed by atoms with Gasteiger partial charge in [-0.05, 0) is 38.7 Å². The molecule has 1 unspecified atom stereocenters. The normalized spacial score (nSPS) is 37.0. The van der Waals surface area contributed by atoms with Gasteiger partial charge in [-0.3, -0.25) is 28.8 Å². The lowest BCUT2D eigenvalue weighted by atomic mass is 9.38. The molecular formula is C33H42O14. The van der Waals surface area contributed by atoms with Crippen molar-refractivity contribution in [1.82, 2.24) is 0 Å². The summed E-state index contributed by atoms with van der Waals surface area (Å²) in [6.45, 7) is 11.7. The first-order valence-corrected chi connectivity index (χ1v) is 15.6. The molecule has 0 N–H and O–H groups in total. The highest BCUT2D eigenvalue weighted by Gasteiger charge is 2.78. The first kappa shape index (κ1) is 35.7. The van der Waals surface area contributed by atoms with Crippen LogP contribution in [0.1, 0.15) is 75.2 Å². The SMILES string of the molecule is CCC(C)(OC(C)=O)C(=O)O[C@H]1C(=O)O[C@@H]2C[C@H]3C(C)=CC(=O)[C@@H](OC(C)=O)[C@]3(C)[C@H]3C(=O)[C@H](OC(C)=O)[C@H](C)[C@H]1[C@@]32COC(C)=O. The third kappa shape index (κ3) is 5.73. The minimum absolute atomic E-state index is 0.0245. The molecule has 0 aromatic heterocycles. The molecule has 3 aliphatic carbocycles. The average Bonchev–Trinajstić information content (AvgIpc) is 2.95. The lowest BCUT2D eigenvalue weighted by Crippen LogP contribution is -2.78. The molecule has 2 saturated carbocycles. The van der Waals surface area contributed by atoms with E-state index in [4.69, 9.17) is 28.4 Å². The van der Waals surface area contributed by atoms with Crippen LogP contribution in [0.15, 0.2) is 11.6 Å². The molecule has 0 amide bonds. The fourth-order valence-electron chi connectivity index (χ4n) is 8.65. The van der Waals surface area contributed by atoms with E-state index in [1.165, 1.54) is 13.0 Å². The summed E-state index contributed by atoms with van der Waals surface area (Å²) in [5.74, 6) is -10.7. The summed E-state index contributed by atoms with van der Waals surface area (Å²) in [5, 5.41) is 0. The van der Waals surface area contributed by atoms with Crippen molar-refractivity contribution in [3.63, 3.8) is 0 Å². The Morgan fingerprint density at radius 1 is 0.936 bits per heavy atom. The summed E-state index contributed by atoms with van der Waals surface area (Å²) >= 11 is 0. The predicted molar refractivity (Wildman–Crippen MR) is 157 cm³/mol. The van der Waals surface area contributed by atoms with Crippen LogP contribution in [-0.2, 0) is 66.8 Å². The van der Waals surface area contributed by atoms with Crippen LogP contribution in [0.3, 0.4) is 0 Å². The molecule has 1 aliphatic heterocycles. The summed E-state index contributed by atoms with van der Waals surface area (Å²) in [7, 11) is 0. The number of fused-ring (bicyclic) bond motifs is 2. The number of carbonyl (C=O) groups excluding carboxylic acids is 8. The van der Waals surface area contributed by atoms with E-state index >= 15 is 0 Å². The van der Waals surface area contributed by atoms with E-state index in [0.29, 0.717) is 5.57 Å². The number of carbonyl (C=O) groups is 8. The molecule has 0 bridgehead atoms. The number of esters is 6. The van der Waals surface area contributed by atoms with Crippen LogP contribution < -0.4 is 0 Å². The molecule has 3 fully saturated rings. The lowest BCUT2D eigenvalue weighted by molar-refractivity contribution is -0.284. The number of ketones is 2. The number of Topliss-reactive ketones (excluding diaryl/α,β-unsaturated/α-hetero) is 1. The van der Waals surface area contributed by atoms with Crippen LogP contribution in [0, 0.1) is 34.5 Å². The van der Waals surface area contributed by atoms with Gasteiger partial charge in [0.05, 0.1) is 5.41 Å². The molecule has 1 saturated heterocycles. The topological polar surface area (TPSA) is 192 Å². The second-order valence-electron chi connectivity index (χ2n) is 13.5. The fraction of sp³-hybridized carbons (Fsp3) is 0.697. The maximum absolute atomic E-state index is 14.8. The van der Waals surface area contributed by atoms with E-state index < -0.39 is 119 Å². The number of allylic oxidation sites excluding steroid dienone is 1. The van der Waals surface area contributed by atoms with Crippen molar-refractivity contribution in [2.24, 2.45) is 34.5 Å². The zero-order valence-corrected chi connectivity index (χ0v) is 28.0. The highest BCUT2D eigenvalue weighted by atomic mass is 16.6. The van der Waals surface area contributed by atoms with Crippen molar-refractivity contribution in [1.29, 1.82) is 0 Å². The highest BCUT2D eigenvalue weighted by Crippen LogP contribution is 2.68. The fourth-order valence-corrected chi connectivity index (χ4v) is 8.65. The molecule has 14 heteroatoms. The molecule has 258 valence electrons. The van der Waals surface area contributed by atoms with Gasteiger partial charge in [-0.25, -0.2) is 9.59 Å². The lowest BCUT2D eigenvalue weighted by Gasteiger charge is -2.68. The first-order chi connectivity index (χ1) is 21.8. The Kier molecular flexibility index (Phi) is 9.50. The molecule has 14 nitrogen and oxygen atoms in total. The van der Waals surface area contributed by atoms with Crippen molar-refractivity contribution in [3.05, 3.63) is 11.6 Å². The second-order valence-corrected chi connectivity index (χ2v) is 13.5. The third-order valence-electron chi connectivity index (χ3n) is 10.6. The molecule has 0 aromatic carbocycles. The summed E-state index contributed by atoms with van der Waals surface area (Å²) < 4.78 is 33.9. The van der Waals surface area contributed by atoms with Crippen molar-refractivity contribution in [2.45, 2.75) is 105 Å². The Morgan fingerprint density at radius 3 is 2.09 bits per heavy atom. The van der Waals surface area contributed by atoms with Gasteiger partial charge in [0.2, 0.25) is 11.7 Å². The van der Waals surface area contributed by atoms with Crippen LogP contribution in [0.4, 0.5) is 0 Å². The Labute approximate surface area is 272 Å². The van der Waals surface area contributed by atoms with Gasteiger partial charge in [0.25, 0.3) is 0 Å². The number of hydrogen-bond acceptors (Lipinski definition) is 14. The van der Waals surface area contributed by atoms with Crippen molar-refractivity contribution >= 4 is 47.4 Å². The van der Waals surface area contributed by atoms with Gasteiger partial charge in [-0.15, -0.1) is 0 Å². The first-order valence-electron chi connectivity index (χ1n) is 15.6. The maximum Gasteiger partial charge on any atom is 0.351 e. The molecule has 1 heterocycles. The van der Waals surface area contributed by atoms with Gasteiger partial charge in [-0.1, -0.05) is 26.3 Å². The Bertz CT molecular complexity index is 1450. The number of hydrogen-bond donors (Lipinski definition) is 0. The Balaban J connectivity index is 2.02. The highest BCUT2D eigenvalue weighted by molar-refractivity contribution is 6.00. The van der Waals surface area contributed by atoms with Crippen molar-refractivity contribution in [3.8, 4) is 0 Å². The van der Waals surface area contributed by atoms with Gasteiger partial charge in [0.15, 0.2) is 23.8 Å². The number of rotatable bonds is 8. The van der Waals surface area contributed by atoms with Crippen LogP contribution in [0.5, 0.6) is 0 Å². The van der Waals surface area contributed by atoms with Crippen LogP contribution >= 0.6 is 0 Å². The monoisotopic (exact) mass is 662 g/mol. The quantitative estimate of drug-likeness (QED) is 0.271. The molecule has 0 aromatic rings. The molecule has 11 atom stereocenters. The molecule has 47 heavy (non-hydrogen) atoms. The van der Waals surface area contributed by atoms with Gasteiger partial charge < -0.3 is 28.4 Å². The van der Waals surface area contributed by atoms with Crippen molar-refractivity contribution in [2.75, 3.05) is 6.61 Å². The Morgan fingerprint density at radius 2 is 1.55 bits per heavy atom. The van der Waals surface area contributed by atoms with E-state index in [9.17, 15) is 38.4 Å². The standard InChI is InChI=1S/C33H42O14/c1-10-31(8,47-19(7)37)30(41)46-26-23-15(3)25(43-17(5)35)24(39)27-32(9)20(14(2)11-21(38)28(32)44-18(6)36)12-22(45-29(26)40)33(23,27)13-42-16(4)34/h11,15,20,22-23,25-28H,10,12-13H2,1-9H3/t15-,20+,22-,23-,25-,26-,27-,28-,31?,32+,33+/m1/s1. The van der Waals surface area contributed by atoms with Gasteiger partial charge in [-0.2, -0.15) is 0 Å². The number of ether oxygens (including phenoxy) is 6. The van der Waals surface area contributed by atoms with Crippen molar-refractivity contribution < 1.29 is 66.8 Å². The van der Waals surface area contributed by atoms with E-state index in [1.807, 2.05) is 0 Å². The summed E-state index contributed by atoms with van der Waals surface area (Å²) in [4.78, 5) is 105. The second kappa shape index (κ2) is 12.5. The van der Waals surface area contributed by atoms with Gasteiger partial charge in [0.1, 0.15) is 12.7 Å². The van der Waals surface area contributed by atoms with Gasteiger partial charge >= 0.3 is 35.8 Å². The average molecular weight is 663 g/mol. The summed E-state index contributed by atoms with van der Waals surface area (Å²) in [5.41, 5.74) is -4.46. The van der Waals surface area contributed by atoms with E-state index in [2.05, 4.69) is 0 Å². The summed E-state index contributed by atoms with van der Waals surface area (Å²) in [6, 6.07) is 0. The maximum atomic E-state index is 14.8. The summed E-state index contributed by atoms with van der Waals surface area (Å²) in [6.07, 6.45) is -4.55. The molecule has 0 spiro atoms. The Hall–Kier alpha value is -4.10. The zero-order chi connectivity index (χ0) is 35.4. The largest absolute Gasteiger partial charge is 0.465 e. The zero-order valence-electron chi connectivity index (χ0n) is 28.0. The predicted octanol–water partition coefficient (Wildman–Crippen LogP) is 1.97. The van der Waals surface area contributed by atoms with Crippen LogP contribution in [0.2, 0.25) is 0 Å². The smallest absolute Gasteiger partial charge is 0.351 e. The van der Waals surface area contributed by atoms with E-state index in [1.54, 1.807) is 27.7 Å². The van der Waals surface area contributed by atoms with Gasteiger partial charge in [0, 0.05) is 50.9 Å². The molecule has 4 aliphatic rings. The molecular weight excluding hydrogens is 620 g/mol. The minimum Gasteiger partial charge on any atom is -0.465 e. The van der Waals surface area contributed by atoms with E-state index in [-0.39, 0.29) is 12.8 Å². The third-order valence-corrected chi connectivity index (χ3v) is 10.6. The molecule has 4 rings (SSSR count). The molecule has 0 radical (unpaired) electrons. The van der Waals surface area contributed by atoms with Crippen LogP contribution in [0.25, 0.3) is 0 Å².